The van der Waals surface area contributed by atoms with Crippen LogP contribution in [0.2, 0.25) is 0 Å². The maximum atomic E-state index is 14.4. The number of aryl methyl sites for hydroxylation is 1. The van der Waals surface area contributed by atoms with Crippen molar-refractivity contribution in [2.45, 2.75) is 70.3 Å². The van der Waals surface area contributed by atoms with Crippen LogP contribution in [0.15, 0.2) is 78.1 Å². The molecular formula is C39H42F2N6O7S. The zero-order chi connectivity index (χ0) is 39.8. The van der Waals surface area contributed by atoms with Crippen LogP contribution in [0.25, 0.3) is 22.0 Å². The molecule has 2 heterocycles. The van der Waals surface area contributed by atoms with Gasteiger partial charge in [0.05, 0.1) is 25.1 Å². The number of hydrogen-bond acceptors (Lipinski definition) is 10. The molecule has 0 radical (unpaired) electrons. The summed E-state index contributed by atoms with van der Waals surface area (Å²) in [5, 5.41) is 6.24. The van der Waals surface area contributed by atoms with E-state index in [-0.39, 0.29) is 23.9 Å². The predicted molar refractivity (Wildman–Crippen MR) is 205 cm³/mol. The molecule has 0 aliphatic carbocycles. The van der Waals surface area contributed by atoms with Crippen LogP contribution < -0.4 is 24.8 Å². The number of rotatable bonds is 15. The third-order valence-corrected chi connectivity index (χ3v) is 9.50. The fraction of sp³-hybridized carbons (Fsp3) is 0.308. The number of halogens is 2. The quantitative estimate of drug-likeness (QED) is 0.0878. The SMILES string of the molecule is COc1ncc(-c2cc(OCCCCCCC(=O)Nc3ccccc3NC(=O)OC(C)(C)C)c3ncnc(C)c3c2)cc1NS(=O)(=O)c1ccc(F)cc1F. The summed E-state index contributed by atoms with van der Waals surface area (Å²) in [6, 6.07) is 14.1. The largest absolute Gasteiger partial charge is 0.491 e. The molecule has 290 valence electrons. The number of para-hydroxylation sites is 2. The predicted octanol–water partition coefficient (Wildman–Crippen LogP) is 8.40. The van der Waals surface area contributed by atoms with E-state index in [1.165, 1.54) is 25.7 Å². The first kappa shape index (κ1) is 40.3. The lowest BCUT2D eigenvalue weighted by Crippen LogP contribution is -2.27. The number of ether oxygens (including phenoxy) is 3. The third kappa shape index (κ3) is 10.8. The number of benzene rings is 3. The minimum atomic E-state index is -4.49. The number of anilines is 3. The second kappa shape index (κ2) is 17.5. The highest BCUT2D eigenvalue weighted by Crippen LogP contribution is 2.36. The van der Waals surface area contributed by atoms with Gasteiger partial charge in [0.25, 0.3) is 10.0 Å². The van der Waals surface area contributed by atoms with Crippen molar-refractivity contribution < 1.29 is 41.0 Å². The average molecular weight is 777 g/mol. The monoisotopic (exact) mass is 776 g/mol. The molecule has 16 heteroatoms. The molecule has 3 aromatic carbocycles. The van der Waals surface area contributed by atoms with E-state index in [2.05, 4.69) is 30.3 Å². The Bertz CT molecular complexity index is 2300. The Kier molecular flexibility index (Phi) is 12.8. The van der Waals surface area contributed by atoms with E-state index in [4.69, 9.17) is 14.2 Å². The maximum Gasteiger partial charge on any atom is 0.412 e. The fourth-order valence-electron chi connectivity index (χ4n) is 5.53. The lowest BCUT2D eigenvalue weighted by atomic mass is 10.0. The van der Waals surface area contributed by atoms with Gasteiger partial charge in [0.15, 0.2) is 0 Å². The molecule has 55 heavy (non-hydrogen) atoms. The molecule has 13 nitrogen and oxygen atoms in total. The van der Waals surface area contributed by atoms with E-state index in [0.29, 0.717) is 70.4 Å². The number of hydrogen-bond donors (Lipinski definition) is 3. The Morgan fingerprint density at radius 1 is 0.836 bits per heavy atom. The van der Waals surface area contributed by atoms with Crippen molar-refractivity contribution in [1.29, 1.82) is 0 Å². The average Bonchev–Trinajstić information content (AvgIpc) is 3.11. The summed E-state index contributed by atoms with van der Waals surface area (Å²) < 4.78 is 73.2. The number of methoxy groups -OCH3 is 1. The molecule has 0 fully saturated rings. The minimum Gasteiger partial charge on any atom is -0.491 e. The van der Waals surface area contributed by atoms with Crippen molar-refractivity contribution in [2.75, 3.05) is 29.1 Å². The zero-order valence-corrected chi connectivity index (χ0v) is 31.9. The molecule has 0 saturated heterocycles. The van der Waals surface area contributed by atoms with Crippen LogP contribution in [-0.2, 0) is 19.6 Å². The number of amides is 2. The Morgan fingerprint density at radius 3 is 2.27 bits per heavy atom. The molecule has 5 aromatic rings. The van der Waals surface area contributed by atoms with Gasteiger partial charge < -0.3 is 19.5 Å². The lowest BCUT2D eigenvalue weighted by molar-refractivity contribution is -0.116. The molecule has 0 aliphatic rings. The molecule has 0 spiro atoms. The van der Waals surface area contributed by atoms with Crippen LogP contribution >= 0.6 is 0 Å². The maximum absolute atomic E-state index is 14.4. The molecule has 0 aliphatic heterocycles. The topological polar surface area (TPSA) is 171 Å². The second-order valence-corrected chi connectivity index (χ2v) is 15.2. The summed E-state index contributed by atoms with van der Waals surface area (Å²) in [6.45, 7) is 7.48. The van der Waals surface area contributed by atoms with Crippen molar-refractivity contribution in [3.63, 3.8) is 0 Å². The highest BCUT2D eigenvalue weighted by molar-refractivity contribution is 7.92. The summed E-state index contributed by atoms with van der Waals surface area (Å²) >= 11 is 0. The highest BCUT2D eigenvalue weighted by Gasteiger charge is 2.23. The number of aromatic nitrogens is 3. The van der Waals surface area contributed by atoms with Gasteiger partial charge in [-0.3, -0.25) is 14.8 Å². The van der Waals surface area contributed by atoms with E-state index in [1.54, 1.807) is 51.1 Å². The van der Waals surface area contributed by atoms with E-state index >= 15 is 0 Å². The summed E-state index contributed by atoms with van der Waals surface area (Å²) in [6.07, 6.45) is 5.50. The van der Waals surface area contributed by atoms with Crippen LogP contribution in [0.4, 0.5) is 30.6 Å². The smallest absolute Gasteiger partial charge is 0.412 e. The number of fused-ring (bicyclic) bond motifs is 1. The van der Waals surface area contributed by atoms with Crippen LogP contribution in [0.5, 0.6) is 11.6 Å². The van der Waals surface area contributed by atoms with Gasteiger partial charge >= 0.3 is 6.09 Å². The van der Waals surface area contributed by atoms with Gasteiger partial charge in [-0.1, -0.05) is 25.0 Å². The zero-order valence-electron chi connectivity index (χ0n) is 31.0. The van der Waals surface area contributed by atoms with Crippen LogP contribution in [0, 0.1) is 18.6 Å². The van der Waals surface area contributed by atoms with Gasteiger partial charge in [-0.25, -0.2) is 36.9 Å². The van der Waals surface area contributed by atoms with Crippen LogP contribution in [-0.4, -0.2) is 54.7 Å². The fourth-order valence-corrected chi connectivity index (χ4v) is 6.63. The van der Waals surface area contributed by atoms with Gasteiger partial charge in [0.1, 0.15) is 45.4 Å². The first-order valence-electron chi connectivity index (χ1n) is 17.4. The number of carbonyl (C=O) groups excluding carboxylic acids is 2. The van der Waals surface area contributed by atoms with Crippen molar-refractivity contribution >= 4 is 50.0 Å². The number of carbonyl (C=O) groups is 2. The standard InChI is InChI=1S/C39H42F2N6O7S/c1-24-28-18-25(26-19-32(37(52-5)42-22-26)47-55(50,51)34-16-15-27(40)21-29(34)41)20-33(36(28)44-23-43-24)53-17-11-7-6-8-14-35(48)45-30-12-9-10-13-31(30)46-38(49)54-39(2,3)4/h9-10,12-13,15-16,18-23,47H,6-8,11,14,17H2,1-5H3,(H,45,48)(H,46,49). The van der Waals surface area contributed by atoms with Crippen molar-refractivity contribution in [2.24, 2.45) is 0 Å². The lowest BCUT2D eigenvalue weighted by Gasteiger charge is -2.20. The van der Waals surface area contributed by atoms with Crippen molar-refractivity contribution in [3.05, 3.63) is 90.5 Å². The second-order valence-electron chi connectivity index (χ2n) is 13.5. The number of sulfonamides is 1. The summed E-state index contributed by atoms with van der Waals surface area (Å²) in [4.78, 5) is 37.2. The molecule has 0 bridgehead atoms. The third-order valence-electron chi connectivity index (χ3n) is 8.10. The molecule has 3 N–H and O–H groups in total. The Hall–Kier alpha value is -5.90. The number of unbranched alkanes of at least 4 members (excludes halogenated alkanes) is 3. The van der Waals surface area contributed by atoms with E-state index < -0.39 is 38.2 Å². The molecular weight excluding hydrogens is 735 g/mol. The number of pyridine rings is 1. The summed E-state index contributed by atoms with van der Waals surface area (Å²) in [5.41, 5.74) is 2.55. The highest BCUT2D eigenvalue weighted by atomic mass is 32.2. The molecule has 0 saturated carbocycles. The molecule has 2 amide bonds. The Balaban J connectivity index is 1.20. The van der Waals surface area contributed by atoms with E-state index in [9.17, 15) is 26.8 Å². The number of nitrogens with one attached hydrogen (secondary N) is 3. The van der Waals surface area contributed by atoms with Gasteiger partial charge in [-0.15, -0.1) is 0 Å². The van der Waals surface area contributed by atoms with Crippen LogP contribution in [0.3, 0.4) is 0 Å². The van der Waals surface area contributed by atoms with E-state index in [0.717, 1.165) is 25.0 Å². The first-order valence-corrected chi connectivity index (χ1v) is 18.9. The minimum absolute atomic E-state index is 0.0656. The van der Waals surface area contributed by atoms with Gasteiger partial charge in [-0.05, 0) is 88.6 Å². The Morgan fingerprint density at radius 2 is 1.56 bits per heavy atom. The normalized spacial score (nSPS) is 11.5. The molecule has 0 unspecified atom stereocenters. The number of nitrogens with zero attached hydrogens (tertiary/aromatic N) is 3. The van der Waals surface area contributed by atoms with Gasteiger partial charge in [0, 0.05) is 35.3 Å². The van der Waals surface area contributed by atoms with Gasteiger partial charge in [0.2, 0.25) is 11.8 Å². The molecule has 0 atom stereocenters. The first-order chi connectivity index (χ1) is 26.1. The molecule has 2 aromatic heterocycles. The van der Waals surface area contributed by atoms with Crippen molar-refractivity contribution in [1.82, 2.24) is 15.0 Å². The summed E-state index contributed by atoms with van der Waals surface area (Å²) in [5.74, 6) is -1.94. The van der Waals surface area contributed by atoms with Gasteiger partial charge in [-0.2, -0.15) is 0 Å². The summed E-state index contributed by atoms with van der Waals surface area (Å²) in [7, 11) is -3.18. The van der Waals surface area contributed by atoms with Crippen LogP contribution in [0.1, 0.15) is 58.6 Å². The molecule has 5 rings (SSSR count). The van der Waals surface area contributed by atoms with Crippen molar-refractivity contribution in [3.8, 4) is 22.8 Å². The Labute approximate surface area is 317 Å². The van der Waals surface area contributed by atoms with E-state index in [1.807, 2.05) is 13.0 Å².